The second kappa shape index (κ2) is 10.9. The van der Waals surface area contributed by atoms with Crippen LogP contribution in [0.2, 0.25) is 0 Å². The van der Waals surface area contributed by atoms with E-state index in [1.807, 2.05) is 83.8 Å². The highest BCUT2D eigenvalue weighted by Gasteiger charge is 2.38. The molecule has 0 saturated carbocycles. The molecule has 1 heterocycles. The zero-order valence-corrected chi connectivity index (χ0v) is 28.2. The zero-order chi connectivity index (χ0) is 39.6. The van der Waals surface area contributed by atoms with Crippen molar-refractivity contribution in [2.45, 2.75) is 61.2 Å². The van der Waals surface area contributed by atoms with Crippen molar-refractivity contribution < 1.29 is 11.0 Å². The molecule has 0 N–H and O–H groups in total. The minimum absolute atomic E-state index is 0.152. The van der Waals surface area contributed by atoms with E-state index in [0.717, 1.165) is 50.7 Å². The smallest absolute Gasteiger partial charge is 0.0630 e. The van der Waals surface area contributed by atoms with E-state index in [-0.39, 0.29) is 56.5 Å². The molecule has 0 saturated heterocycles. The Morgan fingerprint density at radius 3 is 1.56 bits per heavy atom. The van der Waals surface area contributed by atoms with Gasteiger partial charge in [-0.2, -0.15) is 0 Å². The van der Waals surface area contributed by atoms with Gasteiger partial charge in [-0.15, -0.1) is 0 Å². The first-order valence-electron chi connectivity index (χ1n) is 20.5. The fourth-order valence-corrected chi connectivity index (χ4v) is 8.78. The summed E-state index contributed by atoms with van der Waals surface area (Å²) in [7, 11) is 0. The molecule has 0 radical (unpaired) electrons. The van der Waals surface area contributed by atoms with Crippen LogP contribution in [-0.2, 0) is 10.8 Å². The lowest BCUT2D eigenvalue weighted by Crippen LogP contribution is -2.34. The summed E-state index contributed by atoms with van der Waals surface area (Å²) in [5, 5.41) is 0.802. The van der Waals surface area contributed by atoms with Crippen LogP contribution in [0, 0.1) is 0 Å². The molecule has 0 amide bonds. The Morgan fingerprint density at radius 2 is 1.02 bits per heavy atom. The molecule has 1 nitrogen and oxygen atoms in total. The molecule has 2 aliphatic rings. The summed E-state index contributed by atoms with van der Waals surface area (Å²) in [6.07, 6.45) is 1.92. The largest absolute Gasteiger partial charge is 0.307 e. The highest BCUT2D eigenvalue weighted by Crippen LogP contribution is 2.56. The second-order valence-electron chi connectivity index (χ2n) is 14.2. The Hall–Kier alpha value is -4.79. The predicted molar refractivity (Wildman–Crippen MR) is 206 cm³/mol. The summed E-state index contributed by atoms with van der Waals surface area (Å²) in [4.78, 5) is 3.75. The van der Waals surface area contributed by atoms with E-state index in [2.05, 4.69) is 39.8 Å². The molecule has 2 heteroatoms. The van der Waals surface area contributed by atoms with E-state index >= 15 is 0 Å². The maximum atomic E-state index is 9.71. The summed E-state index contributed by atoms with van der Waals surface area (Å²) in [6.45, 7) is 8.98. The Morgan fingerprint density at radius 1 is 0.562 bits per heavy atom. The summed E-state index contributed by atoms with van der Waals surface area (Å²) >= 11 is 1.59. The standard InChI is InChI=1S/C46H39NS/c1-45(2)26-27-46(3,4)38-29-36(35(28-37(38)45)30-16-6-5-7-17-30)43-31-18-8-10-20-33(31)44(34-21-11-9-19-32(34)43)47-39-22-12-14-24-41(39)48-42-25-15-13-23-40(42)47/h5-25,28-29H,26-27H2,1-4H3/i8D,9D,10D,11D,18D,19D,20D,21D. The highest BCUT2D eigenvalue weighted by molar-refractivity contribution is 7.99. The van der Waals surface area contributed by atoms with Gasteiger partial charge in [-0.25, -0.2) is 0 Å². The van der Waals surface area contributed by atoms with Crippen molar-refractivity contribution in [2.24, 2.45) is 0 Å². The molecule has 1 aliphatic carbocycles. The van der Waals surface area contributed by atoms with Gasteiger partial charge in [-0.3, -0.25) is 0 Å². The van der Waals surface area contributed by atoms with Gasteiger partial charge >= 0.3 is 0 Å². The Kier molecular flexibility index (Phi) is 4.97. The van der Waals surface area contributed by atoms with Gasteiger partial charge in [0.15, 0.2) is 0 Å². The fraction of sp³-hybridized carbons (Fsp3) is 0.174. The summed E-state index contributed by atoms with van der Waals surface area (Å²) in [6, 6.07) is 27.1. The van der Waals surface area contributed by atoms with Crippen molar-refractivity contribution in [3.05, 3.63) is 150 Å². The van der Waals surface area contributed by atoms with Crippen LogP contribution in [-0.4, -0.2) is 0 Å². The lowest BCUT2D eigenvalue weighted by molar-refractivity contribution is 0.332. The van der Waals surface area contributed by atoms with E-state index in [0.29, 0.717) is 16.8 Å². The van der Waals surface area contributed by atoms with Crippen LogP contribution in [0.1, 0.15) is 62.6 Å². The van der Waals surface area contributed by atoms with Crippen LogP contribution in [0.4, 0.5) is 17.1 Å². The second-order valence-corrected chi connectivity index (χ2v) is 15.3. The molecule has 0 unspecified atom stereocenters. The molecule has 0 aromatic heterocycles. The highest BCUT2D eigenvalue weighted by atomic mass is 32.2. The number of hydrogen-bond acceptors (Lipinski definition) is 2. The molecule has 0 fully saturated rings. The number of rotatable bonds is 3. The molecule has 1 aliphatic heterocycles. The minimum Gasteiger partial charge on any atom is -0.307 e. The van der Waals surface area contributed by atoms with Gasteiger partial charge in [0.05, 0.1) is 28.0 Å². The number of fused-ring (bicyclic) bond motifs is 5. The number of para-hydroxylation sites is 2. The molecule has 0 bridgehead atoms. The van der Waals surface area contributed by atoms with Crippen LogP contribution in [0.25, 0.3) is 43.8 Å². The maximum absolute atomic E-state index is 9.71. The molecule has 7 aromatic carbocycles. The van der Waals surface area contributed by atoms with Gasteiger partial charge in [-0.1, -0.05) is 142 Å². The summed E-state index contributed by atoms with van der Waals surface area (Å²) in [5.41, 5.74) is 6.46. The Labute approximate surface area is 299 Å². The average Bonchev–Trinajstić information content (AvgIpc) is 3.20. The normalized spacial score (nSPS) is 18.3. The van der Waals surface area contributed by atoms with Crippen LogP contribution < -0.4 is 4.90 Å². The van der Waals surface area contributed by atoms with Crippen LogP contribution in [0.5, 0.6) is 0 Å². The van der Waals surface area contributed by atoms with Crippen molar-refractivity contribution in [3.8, 4) is 22.3 Å². The quantitative estimate of drug-likeness (QED) is 0.176. The average molecular weight is 646 g/mol. The molecular weight excluding hydrogens is 599 g/mol. The Bertz CT molecular complexity index is 2700. The van der Waals surface area contributed by atoms with Gasteiger partial charge in [0.25, 0.3) is 0 Å². The lowest BCUT2D eigenvalue weighted by atomic mass is 9.62. The van der Waals surface area contributed by atoms with Gasteiger partial charge in [-0.05, 0) is 104 Å². The predicted octanol–water partition coefficient (Wildman–Crippen LogP) is 13.6. The van der Waals surface area contributed by atoms with E-state index in [4.69, 9.17) is 5.48 Å². The van der Waals surface area contributed by atoms with Crippen molar-refractivity contribution >= 4 is 50.4 Å². The monoisotopic (exact) mass is 645 g/mol. The van der Waals surface area contributed by atoms with E-state index in [9.17, 15) is 5.48 Å². The molecule has 0 spiro atoms. The van der Waals surface area contributed by atoms with Gasteiger partial charge in [0, 0.05) is 20.6 Å². The number of nitrogens with zero attached hydrogens (tertiary/aromatic N) is 1. The SMILES string of the molecule is [2H]c1c([2H])c([2H])c2c(N3c4ccccc4Sc4ccccc43)c3c([2H])c([2H])c([2H])c([2H])c3c(-c3cc4c(cc3-c3ccccc3)C(C)(C)CCC4(C)C)c2c1[2H]. The van der Waals surface area contributed by atoms with E-state index < -0.39 is 24.2 Å². The van der Waals surface area contributed by atoms with E-state index in [1.165, 1.54) is 5.56 Å². The van der Waals surface area contributed by atoms with Crippen LogP contribution >= 0.6 is 11.8 Å². The first-order chi connectivity index (χ1) is 26.6. The Balaban J connectivity index is 1.59. The molecule has 48 heavy (non-hydrogen) atoms. The number of anilines is 3. The van der Waals surface area contributed by atoms with Crippen LogP contribution in [0.15, 0.2) is 149 Å². The van der Waals surface area contributed by atoms with Crippen molar-refractivity contribution in [1.82, 2.24) is 0 Å². The van der Waals surface area contributed by atoms with Crippen molar-refractivity contribution in [2.75, 3.05) is 4.90 Å². The van der Waals surface area contributed by atoms with Gasteiger partial charge < -0.3 is 4.90 Å². The summed E-state index contributed by atoms with van der Waals surface area (Å²) < 4.78 is 75.0. The van der Waals surface area contributed by atoms with Crippen LogP contribution in [0.3, 0.4) is 0 Å². The molecule has 9 rings (SSSR count). The first-order valence-corrected chi connectivity index (χ1v) is 17.3. The van der Waals surface area contributed by atoms with E-state index in [1.54, 1.807) is 11.8 Å². The molecule has 234 valence electrons. The number of hydrogen-bond donors (Lipinski definition) is 0. The van der Waals surface area contributed by atoms with Crippen molar-refractivity contribution in [1.29, 1.82) is 0 Å². The third-order valence-corrected chi connectivity index (χ3v) is 11.5. The first kappa shape index (κ1) is 22.0. The third-order valence-electron chi connectivity index (χ3n) is 10.3. The molecular formula is C46H39NS. The zero-order valence-electron chi connectivity index (χ0n) is 35.4. The number of benzene rings is 7. The lowest BCUT2D eigenvalue weighted by Gasteiger charge is -2.42. The fourth-order valence-electron chi connectivity index (χ4n) is 7.72. The molecule has 0 atom stereocenters. The molecule has 7 aromatic rings. The van der Waals surface area contributed by atoms with Gasteiger partial charge in [0.1, 0.15) is 0 Å². The summed E-state index contributed by atoms with van der Waals surface area (Å²) in [5.74, 6) is 0. The van der Waals surface area contributed by atoms with Crippen molar-refractivity contribution in [3.63, 3.8) is 0 Å². The maximum Gasteiger partial charge on any atom is 0.0630 e. The topological polar surface area (TPSA) is 3.24 Å². The third kappa shape index (κ3) is 4.46. The minimum atomic E-state index is -0.417. The van der Waals surface area contributed by atoms with Gasteiger partial charge in [0.2, 0.25) is 0 Å².